The summed E-state index contributed by atoms with van der Waals surface area (Å²) in [4.78, 5) is 17.8. The van der Waals surface area contributed by atoms with Crippen LogP contribution in [0, 0.1) is 6.57 Å². The van der Waals surface area contributed by atoms with Gasteiger partial charge in [0.05, 0.1) is 49.0 Å². The van der Waals surface area contributed by atoms with Crippen LogP contribution < -0.4 is 15.0 Å². The SMILES string of the molecule is [C-]#[N+]c1ccc(N2CCc3c(ncnc3Nc3ccc(OCCn4ccnn4)nc3)C2)cc1C(F)(F)F. The molecule has 1 aliphatic heterocycles. The maximum Gasteiger partial charge on any atom is 0.407 e. The van der Waals surface area contributed by atoms with Crippen LogP contribution >= 0.6 is 0 Å². The fourth-order valence-electron chi connectivity index (χ4n) is 4.00. The third-order valence-electron chi connectivity index (χ3n) is 5.82. The van der Waals surface area contributed by atoms with Gasteiger partial charge in [-0.3, -0.25) is 0 Å². The van der Waals surface area contributed by atoms with E-state index in [1.54, 1.807) is 29.3 Å². The molecule has 0 atom stereocenters. The van der Waals surface area contributed by atoms with Crippen molar-refractivity contribution < 1.29 is 17.9 Å². The van der Waals surface area contributed by atoms with Crippen molar-refractivity contribution >= 4 is 22.9 Å². The minimum Gasteiger partial charge on any atom is -0.476 e. The van der Waals surface area contributed by atoms with Gasteiger partial charge in [0.25, 0.3) is 0 Å². The average molecular weight is 507 g/mol. The maximum atomic E-state index is 13.4. The van der Waals surface area contributed by atoms with Crippen molar-refractivity contribution in [3.05, 3.63) is 83.5 Å². The summed E-state index contributed by atoms with van der Waals surface area (Å²) >= 11 is 0. The number of hydrogen-bond donors (Lipinski definition) is 1. The van der Waals surface area contributed by atoms with Crippen molar-refractivity contribution in [2.75, 3.05) is 23.4 Å². The number of rotatable bonds is 7. The molecule has 188 valence electrons. The smallest absolute Gasteiger partial charge is 0.407 e. The second-order valence-corrected chi connectivity index (χ2v) is 8.15. The van der Waals surface area contributed by atoms with E-state index in [0.717, 1.165) is 11.6 Å². The fraction of sp³-hybridized carbons (Fsp3) is 0.250. The van der Waals surface area contributed by atoms with Crippen LogP contribution in [0.1, 0.15) is 16.8 Å². The minimum atomic E-state index is -4.60. The van der Waals surface area contributed by atoms with Gasteiger partial charge in [-0.1, -0.05) is 11.3 Å². The summed E-state index contributed by atoms with van der Waals surface area (Å²) in [6.45, 7) is 8.76. The zero-order chi connectivity index (χ0) is 25.8. The van der Waals surface area contributed by atoms with Crippen molar-refractivity contribution in [3.8, 4) is 5.88 Å². The number of aromatic nitrogens is 6. The van der Waals surface area contributed by atoms with E-state index in [1.807, 2.05) is 11.0 Å². The number of hydrogen-bond acceptors (Lipinski definition) is 8. The topological polar surface area (TPSA) is 98.2 Å². The van der Waals surface area contributed by atoms with Crippen LogP contribution in [0.4, 0.5) is 36.1 Å². The molecule has 0 saturated carbocycles. The van der Waals surface area contributed by atoms with Gasteiger partial charge in [0.2, 0.25) is 5.88 Å². The molecule has 10 nitrogen and oxygen atoms in total. The molecular weight excluding hydrogens is 487 g/mol. The van der Waals surface area contributed by atoms with Crippen LogP contribution in [0.5, 0.6) is 5.88 Å². The number of fused-ring (bicyclic) bond motifs is 1. The Morgan fingerprint density at radius 3 is 2.76 bits per heavy atom. The van der Waals surface area contributed by atoms with Crippen molar-refractivity contribution in [2.45, 2.75) is 25.7 Å². The molecule has 0 spiro atoms. The normalized spacial score (nSPS) is 13.1. The monoisotopic (exact) mass is 507 g/mol. The Kier molecular flexibility index (Phi) is 6.55. The first-order valence-electron chi connectivity index (χ1n) is 11.3. The highest BCUT2D eigenvalue weighted by Crippen LogP contribution is 2.39. The van der Waals surface area contributed by atoms with Crippen molar-refractivity contribution in [3.63, 3.8) is 0 Å². The van der Waals surface area contributed by atoms with E-state index in [-0.39, 0.29) is 0 Å². The van der Waals surface area contributed by atoms with E-state index in [4.69, 9.17) is 11.3 Å². The Morgan fingerprint density at radius 2 is 2.03 bits per heavy atom. The molecule has 13 heteroatoms. The first-order chi connectivity index (χ1) is 17.9. The highest BCUT2D eigenvalue weighted by molar-refractivity contribution is 5.64. The number of benzene rings is 1. The second kappa shape index (κ2) is 10.1. The van der Waals surface area contributed by atoms with Crippen LogP contribution in [0.2, 0.25) is 0 Å². The van der Waals surface area contributed by atoms with E-state index in [2.05, 4.69) is 35.4 Å². The number of halogens is 3. The van der Waals surface area contributed by atoms with Gasteiger partial charge in [0.15, 0.2) is 5.69 Å². The number of nitrogens with one attached hydrogen (secondary N) is 1. The molecule has 0 amide bonds. The largest absolute Gasteiger partial charge is 0.476 e. The Labute approximate surface area is 209 Å². The molecule has 0 saturated heterocycles. The summed E-state index contributed by atoms with van der Waals surface area (Å²) < 4.78 is 47.5. The van der Waals surface area contributed by atoms with E-state index < -0.39 is 17.4 Å². The number of nitrogens with zero attached hydrogens (tertiary/aromatic N) is 8. The van der Waals surface area contributed by atoms with Gasteiger partial charge in [-0.15, -0.1) is 5.10 Å². The summed E-state index contributed by atoms with van der Waals surface area (Å²) in [5, 5.41) is 10.9. The lowest BCUT2D eigenvalue weighted by molar-refractivity contribution is -0.136. The van der Waals surface area contributed by atoms with E-state index in [9.17, 15) is 13.2 Å². The molecular formula is C24H20F3N9O. The van der Waals surface area contributed by atoms with Crippen molar-refractivity contribution in [2.24, 2.45) is 0 Å². The van der Waals surface area contributed by atoms with Gasteiger partial charge in [0, 0.05) is 30.1 Å². The standard InChI is InChI=1S/C24H20F3N9O/c1-28-20-4-3-17(12-19(20)24(25,26)27)35-8-6-18-21(14-35)30-15-31-23(18)33-16-2-5-22(29-13-16)37-11-10-36-9-7-32-34-36/h2-5,7,9,12-13,15H,6,8,10-11,14H2,(H,30,31,33). The van der Waals surface area contributed by atoms with Gasteiger partial charge >= 0.3 is 6.18 Å². The van der Waals surface area contributed by atoms with Gasteiger partial charge in [-0.2, -0.15) is 13.2 Å². The molecule has 0 radical (unpaired) electrons. The third kappa shape index (κ3) is 5.43. The quantitative estimate of drug-likeness (QED) is 0.367. The summed E-state index contributed by atoms with van der Waals surface area (Å²) in [7, 11) is 0. The van der Waals surface area contributed by atoms with Crippen LogP contribution in [-0.2, 0) is 25.7 Å². The highest BCUT2D eigenvalue weighted by atomic mass is 19.4. The van der Waals surface area contributed by atoms with Crippen LogP contribution in [-0.4, -0.2) is 43.1 Å². The number of pyridine rings is 1. The summed E-state index contributed by atoms with van der Waals surface area (Å²) in [5.74, 6) is 1.08. The zero-order valence-electron chi connectivity index (χ0n) is 19.4. The Bertz CT molecular complexity index is 1420. The lowest BCUT2D eigenvalue weighted by Gasteiger charge is -2.31. The molecule has 0 bridgehead atoms. The lowest BCUT2D eigenvalue weighted by Crippen LogP contribution is -2.32. The van der Waals surface area contributed by atoms with Gasteiger partial charge in [-0.05, 0) is 24.6 Å². The van der Waals surface area contributed by atoms with Crippen LogP contribution in [0.3, 0.4) is 0 Å². The first kappa shape index (κ1) is 24.0. The van der Waals surface area contributed by atoms with Crippen LogP contribution in [0.15, 0.2) is 55.2 Å². The molecule has 0 fully saturated rings. The number of alkyl halides is 3. The lowest BCUT2D eigenvalue weighted by atomic mass is 10.0. The summed E-state index contributed by atoms with van der Waals surface area (Å²) in [5.41, 5.74) is 1.35. The third-order valence-corrected chi connectivity index (χ3v) is 5.82. The molecule has 4 heterocycles. The molecule has 3 aromatic heterocycles. The minimum absolute atomic E-state index is 0.317. The Balaban J connectivity index is 1.26. The summed E-state index contributed by atoms with van der Waals surface area (Å²) in [6, 6.07) is 7.33. The van der Waals surface area contributed by atoms with Gasteiger partial charge < -0.3 is 15.0 Å². The molecule has 5 rings (SSSR count). The predicted octanol–water partition coefficient (Wildman–Crippen LogP) is 4.42. The Morgan fingerprint density at radius 1 is 1.14 bits per heavy atom. The molecule has 4 aromatic rings. The average Bonchev–Trinajstić information content (AvgIpc) is 3.42. The maximum absolute atomic E-state index is 13.4. The van der Waals surface area contributed by atoms with E-state index in [0.29, 0.717) is 61.4 Å². The Hall–Kier alpha value is -4.73. The molecule has 1 N–H and O–H groups in total. The highest BCUT2D eigenvalue weighted by Gasteiger charge is 2.34. The van der Waals surface area contributed by atoms with Gasteiger partial charge in [-0.25, -0.2) is 24.5 Å². The first-order valence-corrected chi connectivity index (χ1v) is 11.3. The number of anilines is 3. The van der Waals surface area contributed by atoms with Gasteiger partial charge in [0.1, 0.15) is 18.8 Å². The summed E-state index contributed by atoms with van der Waals surface area (Å²) in [6.07, 6.45) is 2.32. The van der Waals surface area contributed by atoms with Crippen LogP contribution in [0.25, 0.3) is 4.85 Å². The zero-order valence-corrected chi connectivity index (χ0v) is 19.4. The molecule has 37 heavy (non-hydrogen) atoms. The van der Waals surface area contributed by atoms with Crippen molar-refractivity contribution in [1.29, 1.82) is 0 Å². The van der Waals surface area contributed by atoms with E-state index in [1.165, 1.54) is 18.5 Å². The number of ether oxygens (including phenoxy) is 1. The predicted molar refractivity (Wildman–Crippen MR) is 128 cm³/mol. The van der Waals surface area contributed by atoms with E-state index >= 15 is 0 Å². The fourth-order valence-corrected chi connectivity index (χ4v) is 4.00. The molecule has 1 aromatic carbocycles. The van der Waals surface area contributed by atoms with Crippen molar-refractivity contribution in [1.82, 2.24) is 29.9 Å². The molecule has 0 aliphatic carbocycles. The molecule has 0 unspecified atom stereocenters. The second-order valence-electron chi connectivity index (χ2n) is 8.15. The molecule has 1 aliphatic rings.